The Hall–Kier alpha value is -3.15. The summed E-state index contributed by atoms with van der Waals surface area (Å²) in [7, 11) is 0. The lowest BCUT2D eigenvalue weighted by atomic mass is 9.73. The van der Waals surface area contributed by atoms with Crippen molar-refractivity contribution in [2.24, 2.45) is 0 Å². The number of carbonyl (C=O) groups excluding carboxylic acids is 2. The summed E-state index contributed by atoms with van der Waals surface area (Å²) < 4.78 is 10.1. The normalized spacial score (nSPS) is 10.9. The number of hydrogen-bond acceptors (Lipinski definition) is 5. The molecule has 0 aliphatic rings. The van der Waals surface area contributed by atoms with Gasteiger partial charge in [0.05, 0.1) is 0 Å². The van der Waals surface area contributed by atoms with Crippen molar-refractivity contribution in [2.45, 2.75) is 39.0 Å². The first-order valence-corrected chi connectivity index (χ1v) is 8.50. The van der Waals surface area contributed by atoms with E-state index in [1.807, 2.05) is 31.2 Å². The summed E-state index contributed by atoms with van der Waals surface area (Å²) in [6.45, 7) is 4.61. The summed E-state index contributed by atoms with van der Waals surface area (Å²) in [4.78, 5) is 33.3. The fraction of sp³-hybridized carbons (Fsp3) is 0.286. The maximum absolute atomic E-state index is 11.1. The molecule has 0 bridgehead atoms. The van der Waals surface area contributed by atoms with Gasteiger partial charge in [-0.05, 0) is 41.8 Å². The second-order valence-electron chi connectivity index (χ2n) is 6.46. The Kier molecular flexibility index (Phi) is 6.34. The van der Waals surface area contributed by atoms with Gasteiger partial charge in [0.1, 0.15) is 11.5 Å². The topological polar surface area (TPSA) is 89.9 Å². The van der Waals surface area contributed by atoms with Crippen LogP contribution in [-0.4, -0.2) is 23.0 Å². The van der Waals surface area contributed by atoms with Gasteiger partial charge in [0.15, 0.2) is 0 Å². The van der Waals surface area contributed by atoms with Crippen LogP contribution in [0.3, 0.4) is 0 Å². The van der Waals surface area contributed by atoms with Crippen LogP contribution in [0.5, 0.6) is 11.5 Å². The maximum Gasteiger partial charge on any atom is 0.308 e. The van der Waals surface area contributed by atoms with E-state index in [1.165, 1.54) is 13.8 Å². The predicted molar refractivity (Wildman–Crippen MR) is 98.8 cm³/mol. The average molecular weight is 370 g/mol. The molecule has 27 heavy (non-hydrogen) atoms. The molecule has 1 N–H and O–H groups in total. The van der Waals surface area contributed by atoms with Gasteiger partial charge in [-0.3, -0.25) is 14.4 Å². The summed E-state index contributed by atoms with van der Waals surface area (Å²) in [6, 6.07) is 14.0. The fourth-order valence-electron chi connectivity index (χ4n) is 2.93. The van der Waals surface area contributed by atoms with Crippen LogP contribution >= 0.6 is 0 Å². The number of hydrogen-bond donors (Lipinski definition) is 1. The van der Waals surface area contributed by atoms with Crippen molar-refractivity contribution in [3.8, 4) is 11.5 Å². The standard InChI is InChI=1S/C21H22O6/c1-14(22)26-18-8-4-16(5-9-18)21(3,13-12-20(24)25)17-6-10-19(11-7-17)27-15(2)23/h4-11H,12-13H2,1-3H3,(H,24,25). The molecule has 0 aliphatic heterocycles. The van der Waals surface area contributed by atoms with Gasteiger partial charge in [-0.25, -0.2) is 0 Å². The summed E-state index contributed by atoms with van der Waals surface area (Å²) in [5.41, 5.74) is 1.20. The number of rotatable bonds is 7. The van der Waals surface area contributed by atoms with Gasteiger partial charge in [-0.1, -0.05) is 31.2 Å². The Morgan fingerprint density at radius 3 is 1.48 bits per heavy atom. The van der Waals surface area contributed by atoms with Crippen LogP contribution in [-0.2, 0) is 19.8 Å². The van der Waals surface area contributed by atoms with Crippen molar-refractivity contribution < 1.29 is 29.0 Å². The van der Waals surface area contributed by atoms with E-state index in [2.05, 4.69) is 0 Å². The van der Waals surface area contributed by atoms with E-state index >= 15 is 0 Å². The first-order valence-electron chi connectivity index (χ1n) is 8.50. The Labute approximate surface area is 157 Å². The highest BCUT2D eigenvalue weighted by Gasteiger charge is 2.30. The lowest BCUT2D eigenvalue weighted by molar-refractivity contribution is -0.137. The smallest absolute Gasteiger partial charge is 0.308 e. The van der Waals surface area contributed by atoms with Crippen molar-refractivity contribution in [1.29, 1.82) is 0 Å². The monoisotopic (exact) mass is 370 g/mol. The van der Waals surface area contributed by atoms with Gasteiger partial charge >= 0.3 is 17.9 Å². The van der Waals surface area contributed by atoms with E-state index in [-0.39, 0.29) is 6.42 Å². The molecular weight excluding hydrogens is 348 g/mol. The quantitative estimate of drug-likeness (QED) is 0.590. The zero-order valence-corrected chi connectivity index (χ0v) is 15.5. The summed E-state index contributed by atoms with van der Waals surface area (Å²) in [5.74, 6) is -0.835. The molecule has 2 aromatic carbocycles. The van der Waals surface area contributed by atoms with E-state index in [9.17, 15) is 14.4 Å². The van der Waals surface area contributed by atoms with E-state index in [0.29, 0.717) is 17.9 Å². The molecule has 0 radical (unpaired) electrons. The molecule has 0 saturated heterocycles. The number of carbonyl (C=O) groups is 3. The Morgan fingerprint density at radius 2 is 1.19 bits per heavy atom. The zero-order chi connectivity index (χ0) is 20.0. The summed E-state index contributed by atoms with van der Waals surface area (Å²) >= 11 is 0. The second kappa shape index (κ2) is 8.49. The maximum atomic E-state index is 11.1. The molecule has 142 valence electrons. The summed E-state index contributed by atoms with van der Waals surface area (Å²) in [6.07, 6.45) is 0.371. The highest BCUT2D eigenvalue weighted by Crippen LogP contribution is 2.38. The molecule has 2 rings (SSSR count). The number of ether oxygens (including phenoxy) is 2. The minimum atomic E-state index is -0.880. The first-order chi connectivity index (χ1) is 12.7. The van der Waals surface area contributed by atoms with Crippen molar-refractivity contribution in [2.75, 3.05) is 0 Å². The SMILES string of the molecule is CC(=O)Oc1ccc(C(C)(CCC(=O)O)c2ccc(OC(C)=O)cc2)cc1. The molecule has 6 heteroatoms. The number of carboxylic acid groups (broad SMARTS) is 1. The molecule has 0 fully saturated rings. The molecule has 2 aromatic rings. The number of benzene rings is 2. The molecule has 0 atom stereocenters. The van der Waals surface area contributed by atoms with Crippen LogP contribution in [0, 0.1) is 0 Å². The van der Waals surface area contributed by atoms with E-state index in [1.54, 1.807) is 24.3 Å². The molecule has 0 saturated carbocycles. The van der Waals surface area contributed by atoms with Crippen LogP contribution in [0.25, 0.3) is 0 Å². The van der Waals surface area contributed by atoms with Gasteiger partial charge in [-0.2, -0.15) is 0 Å². The Morgan fingerprint density at radius 1 is 0.815 bits per heavy atom. The van der Waals surface area contributed by atoms with Gasteiger partial charge in [0.2, 0.25) is 0 Å². The highest BCUT2D eigenvalue weighted by atomic mass is 16.5. The third-order valence-corrected chi connectivity index (χ3v) is 4.34. The minimum Gasteiger partial charge on any atom is -0.481 e. The molecule has 0 aromatic heterocycles. The third kappa shape index (κ3) is 5.41. The second-order valence-corrected chi connectivity index (χ2v) is 6.46. The van der Waals surface area contributed by atoms with Gasteiger partial charge in [0, 0.05) is 25.7 Å². The molecule has 6 nitrogen and oxygen atoms in total. The van der Waals surface area contributed by atoms with Crippen LogP contribution in [0.15, 0.2) is 48.5 Å². The van der Waals surface area contributed by atoms with E-state index < -0.39 is 23.3 Å². The van der Waals surface area contributed by atoms with E-state index in [0.717, 1.165) is 11.1 Å². The number of esters is 2. The lowest BCUT2D eigenvalue weighted by Crippen LogP contribution is -2.25. The Bertz CT molecular complexity index is 761. The van der Waals surface area contributed by atoms with Crippen LogP contribution in [0.4, 0.5) is 0 Å². The first kappa shape index (κ1) is 20.2. The molecule has 0 heterocycles. The minimum absolute atomic E-state index is 0.00606. The van der Waals surface area contributed by atoms with Crippen molar-refractivity contribution >= 4 is 17.9 Å². The van der Waals surface area contributed by atoms with Gasteiger partial charge < -0.3 is 14.6 Å². The average Bonchev–Trinajstić information content (AvgIpc) is 2.60. The molecule has 0 aliphatic carbocycles. The van der Waals surface area contributed by atoms with Crippen LogP contribution in [0.1, 0.15) is 44.7 Å². The molecule has 0 spiro atoms. The Balaban J connectivity index is 2.37. The predicted octanol–water partition coefficient (Wildman–Crippen LogP) is 3.71. The van der Waals surface area contributed by atoms with Crippen molar-refractivity contribution in [3.05, 3.63) is 59.7 Å². The molecule has 0 amide bonds. The van der Waals surface area contributed by atoms with Crippen LogP contribution < -0.4 is 9.47 Å². The summed E-state index contributed by atoms with van der Waals surface area (Å²) in [5, 5.41) is 9.14. The number of carboxylic acids is 1. The third-order valence-electron chi connectivity index (χ3n) is 4.34. The highest BCUT2D eigenvalue weighted by molar-refractivity contribution is 5.70. The van der Waals surface area contributed by atoms with Gasteiger partial charge in [-0.15, -0.1) is 0 Å². The number of aliphatic carboxylic acids is 1. The zero-order valence-electron chi connectivity index (χ0n) is 15.5. The van der Waals surface area contributed by atoms with Crippen molar-refractivity contribution in [3.63, 3.8) is 0 Å². The molecule has 0 unspecified atom stereocenters. The van der Waals surface area contributed by atoms with Crippen LogP contribution in [0.2, 0.25) is 0 Å². The largest absolute Gasteiger partial charge is 0.481 e. The lowest BCUT2D eigenvalue weighted by Gasteiger charge is -2.31. The van der Waals surface area contributed by atoms with Crippen molar-refractivity contribution in [1.82, 2.24) is 0 Å². The van der Waals surface area contributed by atoms with E-state index in [4.69, 9.17) is 14.6 Å². The van der Waals surface area contributed by atoms with Gasteiger partial charge in [0.25, 0.3) is 0 Å². The fourth-order valence-corrected chi connectivity index (χ4v) is 2.93. The molecular formula is C21H22O6.